The zero-order valence-electron chi connectivity index (χ0n) is 11.9. The van der Waals surface area contributed by atoms with Crippen molar-refractivity contribution in [2.24, 2.45) is 10.1 Å². The average molecular weight is 298 g/mol. The summed E-state index contributed by atoms with van der Waals surface area (Å²) in [6, 6.07) is 8.09. The maximum absolute atomic E-state index is 10.9. The van der Waals surface area contributed by atoms with Gasteiger partial charge in [-0.25, -0.2) is 18.5 Å². The Morgan fingerprint density at radius 1 is 1.35 bits per heavy atom. The Balaban J connectivity index is 2.58. The molecule has 0 fully saturated rings. The van der Waals surface area contributed by atoms with Gasteiger partial charge in [-0.15, -0.1) is 0 Å². The molecule has 112 valence electrons. The smallest absolute Gasteiger partial charge is 0.210 e. The molecule has 0 unspecified atom stereocenters. The third-order valence-corrected chi connectivity index (χ3v) is 3.30. The van der Waals surface area contributed by atoms with Crippen LogP contribution in [0.25, 0.3) is 0 Å². The van der Waals surface area contributed by atoms with Crippen molar-refractivity contribution in [3.05, 3.63) is 35.4 Å². The Hall–Kier alpha value is -1.60. The van der Waals surface area contributed by atoms with Gasteiger partial charge in [0.15, 0.2) is 5.96 Å². The predicted molar refractivity (Wildman–Crippen MR) is 82.0 cm³/mol. The number of aliphatic imine (C=N–C) groups is 1. The Labute approximate surface area is 120 Å². The van der Waals surface area contributed by atoms with Gasteiger partial charge in [0.25, 0.3) is 0 Å². The zero-order valence-corrected chi connectivity index (χ0v) is 12.7. The molecule has 0 amide bonds. The van der Waals surface area contributed by atoms with Crippen LogP contribution in [0.5, 0.6) is 0 Å². The fourth-order valence-corrected chi connectivity index (χ4v) is 2.02. The Morgan fingerprint density at radius 3 is 2.70 bits per heavy atom. The van der Waals surface area contributed by atoms with E-state index in [1.807, 2.05) is 32.0 Å². The maximum atomic E-state index is 10.9. The van der Waals surface area contributed by atoms with Gasteiger partial charge < -0.3 is 10.6 Å². The normalized spacial score (nSPS) is 12.2. The molecule has 0 bridgehead atoms. The van der Waals surface area contributed by atoms with Crippen molar-refractivity contribution in [2.45, 2.75) is 20.4 Å². The first-order valence-electron chi connectivity index (χ1n) is 6.49. The third kappa shape index (κ3) is 7.10. The molecule has 20 heavy (non-hydrogen) atoms. The van der Waals surface area contributed by atoms with Crippen LogP contribution < -0.4 is 15.8 Å². The molecule has 1 aromatic carbocycles. The van der Waals surface area contributed by atoms with Crippen molar-refractivity contribution in [3.8, 4) is 0 Å². The molecule has 0 aromatic heterocycles. The summed E-state index contributed by atoms with van der Waals surface area (Å²) < 4.78 is 21.7. The summed E-state index contributed by atoms with van der Waals surface area (Å²) in [7, 11) is -3.45. The van der Waals surface area contributed by atoms with Crippen molar-refractivity contribution < 1.29 is 8.42 Å². The van der Waals surface area contributed by atoms with E-state index in [0.29, 0.717) is 19.0 Å². The van der Waals surface area contributed by atoms with Crippen LogP contribution in [0.4, 0.5) is 0 Å². The molecule has 0 heterocycles. The summed E-state index contributed by atoms with van der Waals surface area (Å²) in [6.07, 6.45) is 0. The lowest BCUT2D eigenvalue weighted by atomic mass is 10.1. The summed E-state index contributed by atoms with van der Waals surface area (Å²) in [5, 5.41) is 10.9. The van der Waals surface area contributed by atoms with Gasteiger partial charge in [-0.2, -0.15) is 0 Å². The first-order valence-corrected chi connectivity index (χ1v) is 8.20. The van der Waals surface area contributed by atoms with Crippen LogP contribution in [0.3, 0.4) is 0 Å². The summed E-state index contributed by atoms with van der Waals surface area (Å²) in [4.78, 5) is 4.40. The minimum atomic E-state index is -3.45. The fourth-order valence-electron chi connectivity index (χ4n) is 1.63. The van der Waals surface area contributed by atoms with Crippen LogP contribution >= 0.6 is 0 Å². The lowest BCUT2D eigenvalue weighted by Crippen LogP contribution is -2.40. The van der Waals surface area contributed by atoms with Gasteiger partial charge in [0.05, 0.1) is 12.3 Å². The molecular weight excluding hydrogens is 276 g/mol. The van der Waals surface area contributed by atoms with Crippen LogP contribution in [-0.4, -0.2) is 33.2 Å². The number of hydrogen-bond donors (Lipinski definition) is 3. The van der Waals surface area contributed by atoms with E-state index in [9.17, 15) is 8.42 Å². The maximum Gasteiger partial charge on any atom is 0.210 e. The molecule has 6 nitrogen and oxygen atoms in total. The first kappa shape index (κ1) is 16.5. The van der Waals surface area contributed by atoms with Gasteiger partial charge in [-0.3, -0.25) is 0 Å². The highest BCUT2D eigenvalue weighted by molar-refractivity contribution is 7.89. The molecule has 0 aliphatic carbocycles. The molecule has 7 heteroatoms. The second-order valence-corrected chi connectivity index (χ2v) is 6.21. The van der Waals surface area contributed by atoms with Gasteiger partial charge >= 0.3 is 0 Å². The van der Waals surface area contributed by atoms with Gasteiger partial charge in [-0.05, 0) is 19.4 Å². The van der Waals surface area contributed by atoms with E-state index in [1.165, 1.54) is 5.56 Å². The van der Waals surface area contributed by atoms with Crippen LogP contribution in [0, 0.1) is 6.92 Å². The Morgan fingerprint density at radius 2 is 2.10 bits per heavy atom. The molecule has 0 radical (unpaired) electrons. The summed E-state index contributed by atoms with van der Waals surface area (Å²) >= 11 is 0. The highest BCUT2D eigenvalue weighted by Gasteiger charge is 2.03. The van der Waals surface area contributed by atoms with E-state index in [2.05, 4.69) is 21.7 Å². The van der Waals surface area contributed by atoms with Crippen LogP contribution in [-0.2, 0) is 16.6 Å². The van der Waals surface area contributed by atoms with Crippen molar-refractivity contribution in [1.82, 2.24) is 10.6 Å². The zero-order chi connectivity index (χ0) is 15.0. The molecule has 0 aliphatic heterocycles. The van der Waals surface area contributed by atoms with E-state index in [1.54, 1.807) is 0 Å². The monoisotopic (exact) mass is 298 g/mol. The minimum absolute atomic E-state index is 0.123. The van der Waals surface area contributed by atoms with Crippen LogP contribution in [0.15, 0.2) is 29.3 Å². The SMILES string of the molecule is CCNC(=NCc1cccc(C)c1)NCCS(N)(=O)=O. The lowest BCUT2D eigenvalue weighted by Gasteiger charge is -2.10. The van der Waals surface area contributed by atoms with Crippen molar-refractivity contribution >= 4 is 16.0 Å². The second-order valence-electron chi connectivity index (χ2n) is 4.48. The molecule has 0 spiro atoms. The van der Waals surface area contributed by atoms with Gasteiger partial charge in [0.2, 0.25) is 10.0 Å². The minimum Gasteiger partial charge on any atom is -0.357 e. The third-order valence-electron chi connectivity index (χ3n) is 2.53. The highest BCUT2D eigenvalue weighted by Crippen LogP contribution is 2.04. The second kappa shape index (κ2) is 7.86. The number of nitrogens with one attached hydrogen (secondary N) is 2. The van der Waals surface area contributed by atoms with E-state index >= 15 is 0 Å². The van der Waals surface area contributed by atoms with E-state index in [4.69, 9.17) is 5.14 Å². The highest BCUT2D eigenvalue weighted by atomic mass is 32.2. The summed E-state index contributed by atoms with van der Waals surface area (Å²) in [5.74, 6) is 0.458. The predicted octanol–water partition coefficient (Wildman–Crippen LogP) is 0.339. The first-order chi connectivity index (χ1) is 9.40. The number of nitrogens with zero attached hydrogens (tertiary/aromatic N) is 1. The summed E-state index contributed by atoms with van der Waals surface area (Å²) in [6.45, 7) is 5.45. The average Bonchev–Trinajstić information content (AvgIpc) is 2.34. The molecule has 0 saturated heterocycles. The van der Waals surface area contributed by atoms with Gasteiger partial charge in [0.1, 0.15) is 0 Å². The molecule has 0 saturated carbocycles. The van der Waals surface area contributed by atoms with E-state index in [0.717, 1.165) is 5.56 Å². The number of nitrogens with two attached hydrogens (primary N) is 1. The number of primary sulfonamides is 1. The van der Waals surface area contributed by atoms with Crippen molar-refractivity contribution in [3.63, 3.8) is 0 Å². The number of hydrogen-bond acceptors (Lipinski definition) is 3. The molecular formula is C13H22N4O2S. The number of benzene rings is 1. The molecule has 4 N–H and O–H groups in total. The fraction of sp³-hybridized carbons (Fsp3) is 0.462. The van der Waals surface area contributed by atoms with E-state index < -0.39 is 10.0 Å². The van der Waals surface area contributed by atoms with Gasteiger partial charge in [-0.1, -0.05) is 29.8 Å². The topological polar surface area (TPSA) is 96.6 Å². The Bertz CT molecular complexity index is 555. The van der Waals surface area contributed by atoms with Gasteiger partial charge in [0, 0.05) is 13.1 Å². The molecule has 0 atom stereocenters. The largest absolute Gasteiger partial charge is 0.357 e. The number of sulfonamides is 1. The van der Waals surface area contributed by atoms with Crippen LogP contribution in [0.1, 0.15) is 18.1 Å². The lowest BCUT2D eigenvalue weighted by molar-refractivity contribution is 0.596. The van der Waals surface area contributed by atoms with Crippen LogP contribution in [0.2, 0.25) is 0 Å². The number of rotatable bonds is 6. The van der Waals surface area contributed by atoms with Crippen molar-refractivity contribution in [2.75, 3.05) is 18.8 Å². The van der Waals surface area contributed by atoms with E-state index in [-0.39, 0.29) is 12.3 Å². The molecule has 1 aromatic rings. The molecule has 0 aliphatic rings. The van der Waals surface area contributed by atoms with Crippen molar-refractivity contribution in [1.29, 1.82) is 0 Å². The number of guanidine groups is 1. The Kier molecular flexibility index (Phi) is 6.47. The summed E-state index contributed by atoms with van der Waals surface area (Å²) in [5.41, 5.74) is 2.29. The molecule has 1 rings (SSSR count). The standard InChI is InChI=1S/C13H22N4O2S/c1-3-15-13(16-7-8-20(14,18)19)17-10-12-6-4-5-11(2)9-12/h4-6,9H,3,7-8,10H2,1-2H3,(H2,14,18,19)(H2,15,16,17). The number of aryl methyl sites for hydroxylation is 1. The quantitative estimate of drug-likeness (QED) is 0.521.